The molecule has 0 N–H and O–H groups in total. The molecule has 0 radical (unpaired) electrons. The van der Waals surface area contributed by atoms with Gasteiger partial charge >= 0.3 is 5.97 Å². The Morgan fingerprint density at radius 3 is 2.26 bits per heavy atom. The molecule has 0 saturated heterocycles. The number of carbonyl (C=O) groups excluding carboxylic acids is 2. The lowest BCUT2D eigenvalue weighted by Gasteiger charge is -2.36. The van der Waals surface area contributed by atoms with Crippen LogP contribution in [0.15, 0.2) is 106 Å². The first-order chi connectivity index (χ1) is 17.0. The molecule has 1 aliphatic carbocycles. The quantitative estimate of drug-likeness (QED) is 0.344. The highest BCUT2D eigenvalue weighted by molar-refractivity contribution is 9.10. The first-order valence-corrected chi connectivity index (χ1v) is 12.6. The molecule has 3 aromatic rings. The third-order valence-corrected chi connectivity index (χ3v) is 7.40. The first kappa shape index (κ1) is 23.4. The molecule has 3 aromatic carbocycles. The maximum atomic E-state index is 13.6. The summed E-state index contributed by atoms with van der Waals surface area (Å²) in [5.74, 6) is -1.26. The molecule has 176 valence electrons. The number of benzene rings is 3. The molecule has 5 heteroatoms. The third kappa shape index (κ3) is 4.92. The standard InChI is InChI=1S/C30H26BrNO3/c1-19-27(30(34)35-18-20-8-4-2-5-9-20)28(22-12-14-24(31)15-13-22)29-25(32-19)16-23(17-26(29)33)21-10-6-3-7-11-21/h2-15,23,27-28H,16-18H2,1H3/t23-,27?,28+/m1/s1. The number of esters is 1. The van der Waals surface area contributed by atoms with Crippen LogP contribution in [0.1, 0.15) is 48.3 Å². The average Bonchev–Trinajstić information content (AvgIpc) is 2.88. The molecule has 0 fully saturated rings. The SMILES string of the molecule is CC1=NC2=C(C(=O)C[C@H](c3ccccc3)C2)[C@@H](c2ccc(Br)cc2)C1C(=O)OCc1ccccc1. The summed E-state index contributed by atoms with van der Waals surface area (Å²) in [5.41, 5.74) is 5.13. The van der Waals surface area contributed by atoms with E-state index >= 15 is 0 Å². The van der Waals surface area contributed by atoms with Gasteiger partial charge in [0.15, 0.2) is 5.78 Å². The van der Waals surface area contributed by atoms with Crippen LogP contribution >= 0.6 is 15.9 Å². The number of ketones is 1. The minimum atomic E-state index is -0.643. The summed E-state index contributed by atoms with van der Waals surface area (Å²) >= 11 is 3.50. The van der Waals surface area contributed by atoms with Crippen LogP contribution in [0.4, 0.5) is 0 Å². The Morgan fingerprint density at radius 1 is 0.914 bits per heavy atom. The summed E-state index contributed by atoms with van der Waals surface area (Å²) in [5, 5.41) is 0. The Bertz CT molecular complexity index is 1300. The number of hydrogen-bond donors (Lipinski definition) is 0. The van der Waals surface area contributed by atoms with Gasteiger partial charge in [-0.15, -0.1) is 0 Å². The minimum Gasteiger partial charge on any atom is -0.460 e. The van der Waals surface area contributed by atoms with E-state index in [2.05, 4.69) is 28.1 Å². The minimum absolute atomic E-state index is 0.0603. The van der Waals surface area contributed by atoms with Crippen molar-refractivity contribution in [3.63, 3.8) is 0 Å². The average molecular weight is 528 g/mol. The molecule has 2 aliphatic rings. The van der Waals surface area contributed by atoms with Crippen molar-refractivity contribution in [1.29, 1.82) is 0 Å². The van der Waals surface area contributed by atoms with Gasteiger partial charge in [0.2, 0.25) is 0 Å². The Kier molecular flexibility index (Phi) is 6.78. The van der Waals surface area contributed by atoms with Gasteiger partial charge in [0.25, 0.3) is 0 Å². The van der Waals surface area contributed by atoms with Crippen molar-refractivity contribution in [1.82, 2.24) is 0 Å². The molecule has 0 saturated carbocycles. The summed E-state index contributed by atoms with van der Waals surface area (Å²) in [6, 6.07) is 27.6. The fourth-order valence-electron chi connectivity index (χ4n) is 5.17. The highest BCUT2D eigenvalue weighted by atomic mass is 79.9. The lowest BCUT2D eigenvalue weighted by Crippen LogP contribution is -2.38. The van der Waals surface area contributed by atoms with E-state index in [0.29, 0.717) is 24.1 Å². The molecule has 0 aromatic heterocycles. The number of carbonyl (C=O) groups is 2. The van der Waals surface area contributed by atoms with E-state index in [1.807, 2.05) is 79.7 Å². The van der Waals surface area contributed by atoms with Crippen LogP contribution in [0.2, 0.25) is 0 Å². The topological polar surface area (TPSA) is 55.7 Å². The van der Waals surface area contributed by atoms with Gasteiger partial charge in [-0.2, -0.15) is 0 Å². The molecule has 1 aliphatic heterocycles. The van der Waals surface area contributed by atoms with Crippen LogP contribution in [0.5, 0.6) is 0 Å². The smallest absolute Gasteiger partial charge is 0.315 e. The van der Waals surface area contributed by atoms with Gasteiger partial charge < -0.3 is 4.74 Å². The summed E-state index contributed by atoms with van der Waals surface area (Å²) in [4.78, 5) is 31.9. The number of nitrogens with zero attached hydrogens (tertiary/aromatic N) is 1. The number of hydrogen-bond acceptors (Lipinski definition) is 4. The van der Waals surface area contributed by atoms with Crippen LogP contribution in [0.25, 0.3) is 0 Å². The van der Waals surface area contributed by atoms with Gasteiger partial charge in [-0.05, 0) is 48.1 Å². The lowest BCUT2D eigenvalue weighted by atomic mass is 9.69. The second kappa shape index (κ2) is 10.1. The monoisotopic (exact) mass is 527 g/mol. The predicted octanol–water partition coefficient (Wildman–Crippen LogP) is 6.77. The highest BCUT2D eigenvalue weighted by Crippen LogP contribution is 2.47. The van der Waals surface area contributed by atoms with Crippen molar-refractivity contribution in [2.24, 2.45) is 10.9 Å². The normalized spacial score (nSPS) is 21.8. The van der Waals surface area contributed by atoms with Crippen molar-refractivity contribution < 1.29 is 14.3 Å². The molecule has 1 heterocycles. The van der Waals surface area contributed by atoms with Crippen LogP contribution in [0.3, 0.4) is 0 Å². The van der Waals surface area contributed by atoms with Crippen LogP contribution in [-0.2, 0) is 20.9 Å². The second-order valence-corrected chi connectivity index (χ2v) is 10.1. The molecule has 1 unspecified atom stereocenters. The molecule has 3 atom stereocenters. The Labute approximate surface area is 213 Å². The van der Waals surface area contributed by atoms with E-state index in [-0.39, 0.29) is 24.3 Å². The molecule has 4 nitrogen and oxygen atoms in total. The van der Waals surface area contributed by atoms with E-state index in [9.17, 15) is 9.59 Å². The van der Waals surface area contributed by atoms with Crippen molar-refractivity contribution in [3.05, 3.63) is 117 Å². The summed E-state index contributed by atoms with van der Waals surface area (Å²) in [7, 11) is 0. The molecule has 5 rings (SSSR count). The zero-order valence-corrected chi connectivity index (χ0v) is 21.1. The van der Waals surface area contributed by atoms with Gasteiger partial charge in [0.05, 0.1) is 0 Å². The summed E-state index contributed by atoms with van der Waals surface area (Å²) in [6.07, 6.45) is 1.09. The zero-order chi connectivity index (χ0) is 24.4. The molecule has 0 amide bonds. The summed E-state index contributed by atoms with van der Waals surface area (Å²) in [6.45, 7) is 2.06. The zero-order valence-electron chi connectivity index (χ0n) is 19.5. The molecule has 0 bridgehead atoms. The van der Waals surface area contributed by atoms with Crippen molar-refractivity contribution in [2.45, 2.75) is 38.2 Å². The molecular weight excluding hydrogens is 502 g/mol. The lowest BCUT2D eigenvalue weighted by molar-refractivity contribution is -0.148. The first-order valence-electron chi connectivity index (χ1n) is 11.8. The largest absolute Gasteiger partial charge is 0.460 e. The van der Waals surface area contributed by atoms with Crippen molar-refractivity contribution >= 4 is 33.4 Å². The van der Waals surface area contributed by atoms with Gasteiger partial charge in [0.1, 0.15) is 12.5 Å². The Morgan fingerprint density at radius 2 is 1.57 bits per heavy atom. The van der Waals surface area contributed by atoms with Crippen LogP contribution in [-0.4, -0.2) is 17.5 Å². The highest BCUT2D eigenvalue weighted by Gasteiger charge is 2.44. The maximum Gasteiger partial charge on any atom is 0.315 e. The van der Waals surface area contributed by atoms with Gasteiger partial charge in [-0.3, -0.25) is 14.6 Å². The fourth-order valence-corrected chi connectivity index (χ4v) is 5.44. The maximum absolute atomic E-state index is 13.6. The summed E-state index contributed by atoms with van der Waals surface area (Å²) < 4.78 is 6.70. The third-order valence-electron chi connectivity index (χ3n) is 6.87. The van der Waals surface area contributed by atoms with E-state index < -0.39 is 11.8 Å². The number of aliphatic imine (C=N–C) groups is 1. The predicted molar refractivity (Wildman–Crippen MR) is 140 cm³/mol. The number of ether oxygens (including phenoxy) is 1. The van der Waals surface area contributed by atoms with Crippen LogP contribution in [0, 0.1) is 5.92 Å². The molecule has 0 spiro atoms. The Hall–Kier alpha value is -3.31. The number of rotatable bonds is 5. The molecule has 35 heavy (non-hydrogen) atoms. The van der Waals surface area contributed by atoms with Crippen molar-refractivity contribution in [2.75, 3.05) is 0 Å². The van der Waals surface area contributed by atoms with E-state index in [4.69, 9.17) is 9.73 Å². The van der Waals surface area contributed by atoms with E-state index in [1.165, 1.54) is 0 Å². The number of halogens is 1. The number of allylic oxidation sites excluding steroid dienone is 2. The van der Waals surface area contributed by atoms with Gasteiger partial charge in [-0.25, -0.2) is 0 Å². The van der Waals surface area contributed by atoms with Crippen LogP contribution < -0.4 is 0 Å². The fraction of sp³-hybridized carbons (Fsp3) is 0.233. The van der Waals surface area contributed by atoms with Gasteiger partial charge in [0, 0.05) is 33.8 Å². The Balaban J connectivity index is 1.51. The number of Topliss-reactive ketones (excluding diaryl/α,β-unsaturated/α-hetero) is 1. The van der Waals surface area contributed by atoms with E-state index in [1.54, 1.807) is 0 Å². The molecular formula is C30H26BrNO3. The van der Waals surface area contributed by atoms with Gasteiger partial charge in [-0.1, -0.05) is 88.7 Å². The van der Waals surface area contributed by atoms with E-state index in [0.717, 1.165) is 26.9 Å². The van der Waals surface area contributed by atoms with Crippen molar-refractivity contribution in [3.8, 4) is 0 Å². The second-order valence-electron chi connectivity index (χ2n) is 9.15.